The largest absolute Gasteiger partial charge is 0.344 e. The SMILES string of the molecule is O=C(CCc1cccnc1)NC1CCN(c2ccccc2Cl)C1=O. The van der Waals surface area contributed by atoms with Gasteiger partial charge in [0.25, 0.3) is 0 Å². The standard InChI is InChI=1S/C18H18ClN3O2/c19-14-5-1-2-6-16(14)22-11-9-15(18(22)24)21-17(23)8-7-13-4-3-10-20-12-13/h1-6,10,12,15H,7-9,11H2,(H,21,23). The number of nitrogens with one attached hydrogen (secondary N) is 1. The normalized spacial score (nSPS) is 17.1. The molecule has 0 radical (unpaired) electrons. The van der Waals surface area contributed by atoms with Gasteiger partial charge in [0.05, 0.1) is 10.7 Å². The molecule has 1 aromatic heterocycles. The smallest absolute Gasteiger partial charge is 0.249 e. The highest BCUT2D eigenvalue weighted by molar-refractivity contribution is 6.34. The molecule has 1 atom stereocenters. The number of hydrogen-bond acceptors (Lipinski definition) is 3. The van der Waals surface area contributed by atoms with E-state index in [1.54, 1.807) is 23.4 Å². The molecule has 24 heavy (non-hydrogen) atoms. The van der Waals surface area contributed by atoms with Crippen molar-refractivity contribution in [1.82, 2.24) is 10.3 Å². The third kappa shape index (κ3) is 3.74. The van der Waals surface area contributed by atoms with Gasteiger partial charge >= 0.3 is 0 Å². The maximum atomic E-state index is 12.5. The topological polar surface area (TPSA) is 62.3 Å². The first kappa shape index (κ1) is 16.5. The Balaban J connectivity index is 1.56. The van der Waals surface area contributed by atoms with Crippen LogP contribution in [0.3, 0.4) is 0 Å². The zero-order valence-electron chi connectivity index (χ0n) is 13.1. The molecule has 0 bridgehead atoms. The fourth-order valence-electron chi connectivity index (χ4n) is 2.79. The molecule has 3 rings (SSSR count). The van der Waals surface area contributed by atoms with Crippen molar-refractivity contribution in [2.24, 2.45) is 0 Å². The van der Waals surface area contributed by atoms with Gasteiger partial charge in [-0.05, 0) is 36.6 Å². The number of halogens is 1. The number of rotatable bonds is 5. The van der Waals surface area contributed by atoms with E-state index in [-0.39, 0.29) is 11.8 Å². The Morgan fingerprint density at radius 3 is 2.88 bits per heavy atom. The molecule has 0 saturated carbocycles. The molecule has 1 aliphatic heterocycles. The summed E-state index contributed by atoms with van der Waals surface area (Å²) in [6.45, 7) is 0.552. The van der Waals surface area contributed by atoms with E-state index in [1.807, 2.05) is 30.3 Å². The maximum absolute atomic E-state index is 12.5. The third-order valence-electron chi connectivity index (χ3n) is 4.05. The quantitative estimate of drug-likeness (QED) is 0.907. The number of carbonyl (C=O) groups is 2. The summed E-state index contributed by atoms with van der Waals surface area (Å²) >= 11 is 6.15. The van der Waals surface area contributed by atoms with Crippen LogP contribution in [0.25, 0.3) is 0 Å². The van der Waals surface area contributed by atoms with Gasteiger partial charge in [-0.2, -0.15) is 0 Å². The molecule has 1 unspecified atom stereocenters. The van der Waals surface area contributed by atoms with Crippen LogP contribution in [0.2, 0.25) is 5.02 Å². The lowest BCUT2D eigenvalue weighted by atomic mass is 10.1. The highest BCUT2D eigenvalue weighted by Gasteiger charge is 2.34. The van der Waals surface area contributed by atoms with Crippen molar-refractivity contribution in [2.75, 3.05) is 11.4 Å². The minimum Gasteiger partial charge on any atom is -0.344 e. The van der Waals surface area contributed by atoms with Crippen molar-refractivity contribution in [3.63, 3.8) is 0 Å². The minimum absolute atomic E-state index is 0.113. The third-order valence-corrected chi connectivity index (χ3v) is 4.37. The van der Waals surface area contributed by atoms with Crippen LogP contribution >= 0.6 is 11.6 Å². The molecule has 0 aliphatic carbocycles. The molecule has 1 saturated heterocycles. The number of benzene rings is 1. The predicted octanol–water partition coefficient (Wildman–Crippen LogP) is 2.59. The van der Waals surface area contributed by atoms with E-state index < -0.39 is 6.04 Å². The second-order valence-electron chi connectivity index (χ2n) is 5.71. The fourth-order valence-corrected chi connectivity index (χ4v) is 3.03. The van der Waals surface area contributed by atoms with Crippen LogP contribution in [-0.2, 0) is 16.0 Å². The van der Waals surface area contributed by atoms with Crippen LogP contribution in [-0.4, -0.2) is 29.4 Å². The Morgan fingerprint density at radius 1 is 1.29 bits per heavy atom. The fraction of sp³-hybridized carbons (Fsp3) is 0.278. The van der Waals surface area contributed by atoms with Crippen LogP contribution in [0.4, 0.5) is 5.69 Å². The van der Waals surface area contributed by atoms with Crippen LogP contribution in [0, 0.1) is 0 Å². The van der Waals surface area contributed by atoms with Crippen molar-refractivity contribution in [2.45, 2.75) is 25.3 Å². The molecule has 1 aliphatic rings. The second kappa shape index (κ2) is 7.45. The number of hydrogen-bond donors (Lipinski definition) is 1. The second-order valence-corrected chi connectivity index (χ2v) is 6.12. The van der Waals surface area contributed by atoms with Crippen molar-refractivity contribution < 1.29 is 9.59 Å². The molecule has 6 heteroatoms. The number of aryl methyl sites for hydroxylation is 1. The van der Waals surface area contributed by atoms with E-state index in [9.17, 15) is 9.59 Å². The van der Waals surface area contributed by atoms with Gasteiger partial charge < -0.3 is 10.2 Å². The Hall–Kier alpha value is -2.40. The first-order valence-corrected chi connectivity index (χ1v) is 8.27. The zero-order valence-corrected chi connectivity index (χ0v) is 13.9. The van der Waals surface area contributed by atoms with Gasteiger partial charge in [0.15, 0.2) is 0 Å². The first-order valence-electron chi connectivity index (χ1n) is 7.89. The Morgan fingerprint density at radius 2 is 2.12 bits per heavy atom. The van der Waals surface area contributed by atoms with Gasteiger partial charge in [0.1, 0.15) is 6.04 Å². The van der Waals surface area contributed by atoms with E-state index in [2.05, 4.69) is 10.3 Å². The van der Waals surface area contributed by atoms with Gasteiger partial charge in [0.2, 0.25) is 11.8 Å². The van der Waals surface area contributed by atoms with Crippen LogP contribution < -0.4 is 10.2 Å². The van der Waals surface area contributed by atoms with Crippen molar-refractivity contribution in [3.8, 4) is 0 Å². The van der Waals surface area contributed by atoms with Gasteiger partial charge in [-0.1, -0.05) is 29.8 Å². The minimum atomic E-state index is -0.484. The molecule has 2 heterocycles. The number of nitrogens with zero attached hydrogens (tertiary/aromatic N) is 2. The molecule has 1 aromatic carbocycles. The van der Waals surface area contributed by atoms with Crippen LogP contribution in [0.15, 0.2) is 48.8 Å². The lowest BCUT2D eigenvalue weighted by Crippen LogP contribution is -2.41. The number of carbonyl (C=O) groups excluding carboxylic acids is 2. The van der Waals surface area contributed by atoms with E-state index in [0.717, 1.165) is 5.56 Å². The summed E-state index contributed by atoms with van der Waals surface area (Å²) in [6.07, 6.45) is 4.97. The van der Waals surface area contributed by atoms with Crippen molar-refractivity contribution in [3.05, 3.63) is 59.4 Å². The van der Waals surface area contributed by atoms with Gasteiger partial charge in [-0.25, -0.2) is 0 Å². The lowest BCUT2D eigenvalue weighted by Gasteiger charge is -2.18. The van der Waals surface area contributed by atoms with E-state index in [4.69, 9.17) is 11.6 Å². The molecule has 2 aromatic rings. The summed E-state index contributed by atoms with van der Waals surface area (Å²) in [4.78, 5) is 30.3. The van der Waals surface area contributed by atoms with E-state index in [0.29, 0.717) is 36.5 Å². The van der Waals surface area contributed by atoms with Gasteiger partial charge in [-0.15, -0.1) is 0 Å². The van der Waals surface area contributed by atoms with E-state index in [1.165, 1.54) is 0 Å². The maximum Gasteiger partial charge on any atom is 0.249 e. The molecule has 0 spiro atoms. The summed E-state index contributed by atoms with van der Waals surface area (Å²) in [5, 5.41) is 3.36. The summed E-state index contributed by atoms with van der Waals surface area (Å²) in [6, 6.07) is 10.5. The summed E-state index contributed by atoms with van der Waals surface area (Å²) in [5.74, 6) is -0.240. The highest BCUT2D eigenvalue weighted by atomic mass is 35.5. The summed E-state index contributed by atoms with van der Waals surface area (Å²) in [5.41, 5.74) is 1.69. The average molecular weight is 344 g/mol. The highest BCUT2D eigenvalue weighted by Crippen LogP contribution is 2.28. The average Bonchev–Trinajstić information content (AvgIpc) is 2.95. The lowest BCUT2D eigenvalue weighted by molar-refractivity contribution is -0.126. The zero-order chi connectivity index (χ0) is 16.9. The number of amides is 2. The Kier molecular flexibility index (Phi) is 5.11. The first-order chi connectivity index (χ1) is 11.6. The molecular weight excluding hydrogens is 326 g/mol. The van der Waals surface area contributed by atoms with Crippen LogP contribution in [0.5, 0.6) is 0 Å². The predicted molar refractivity (Wildman–Crippen MR) is 92.9 cm³/mol. The Labute approximate surface area is 145 Å². The van der Waals surface area contributed by atoms with Gasteiger partial charge in [0, 0.05) is 25.4 Å². The molecule has 1 N–H and O–H groups in total. The molecule has 2 amide bonds. The van der Waals surface area contributed by atoms with Crippen molar-refractivity contribution >= 4 is 29.1 Å². The van der Waals surface area contributed by atoms with Crippen LogP contribution in [0.1, 0.15) is 18.4 Å². The molecule has 5 nitrogen and oxygen atoms in total. The van der Waals surface area contributed by atoms with Crippen molar-refractivity contribution in [1.29, 1.82) is 0 Å². The number of anilines is 1. The summed E-state index contributed by atoms with van der Waals surface area (Å²) in [7, 11) is 0. The van der Waals surface area contributed by atoms with E-state index >= 15 is 0 Å². The summed E-state index contributed by atoms with van der Waals surface area (Å²) < 4.78 is 0. The number of pyridine rings is 1. The number of para-hydroxylation sites is 1. The molecular formula is C18H18ClN3O2. The molecule has 124 valence electrons. The molecule has 1 fully saturated rings. The van der Waals surface area contributed by atoms with Gasteiger partial charge in [-0.3, -0.25) is 14.6 Å². The monoisotopic (exact) mass is 343 g/mol. The number of aromatic nitrogens is 1. The Bertz CT molecular complexity index is 736.